The molecule has 0 aromatic heterocycles. The Morgan fingerprint density at radius 1 is 1.39 bits per heavy atom. The lowest BCUT2D eigenvalue weighted by Gasteiger charge is -2.36. The first-order valence-electron chi connectivity index (χ1n) is 6.97. The number of ether oxygens (including phenoxy) is 1. The monoisotopic (exact) mass is 248 g/mol. The molecule has 18 heavy (non-hydrogen) atoms. The second-order valence-corrected chi connectivity index (χ2v) is 4.92. The maximum atomic E-state index is 6.01. The van der Waals surface area contributed by atoms with Gasteiger partial charge >= 0.3 is 0 Å². The van der Waals surface area contributed by atoms with Gasteiger partial charge in [-0.1, -0.05) is 19.9 Å². The van der Waals surface area contributed by atoms with Gasteiger partial charge in [0.1, 0.15) is 11.9 Å². The van der Waals surface area contributed by atoms with Crippen LogP contribution in [-0.4, -0.2) is 32.3 Å². The van der Waals surface area contributed by atoms with E-state index in [1.54, 1.807) is 0 Å². The number of fused-ring (bicyclic) bond motifs is 1. The molecule has 3 nitrogen and oxygen atoms in total. The summed E-state index contributed by atoms with van der Waals surface area (Å²) in [5.41, 5.74) is 2.54. The quantitative estimate of drug-likeness (QED) is 0.811. The molecule has 1 aliphatic heterocycles. The molecule has 2 rings (SSSR count). The number of hydrogen-bond donors (Lipinski definition) is 1. The summed E-state index contributed by atoms with van der Waals surface area (Å²) in [6.45, 7) is 10.6. The number of benzene rings is 1. The van der Waals surface area contributed by atoms with E-state index in [-0.39, 0.29) is 0 Å². The van der Waals surface area contributed by atoms with Gasteiger partial charge in [0.05, 0.1) is 12.2 Å². The lowest BCUT2D eigenvalue weighted by molar-refractivity contribution is 0.189. The van der Waals surface area contributed by atoms with E-state index in [2.05, 4.69) is 49.2 Å². The standard InChI is InChI=1S/C15H24N2O/c1-4-13-11-17(9-8-16-5-2)14-10-12(3)6-7-15(14)18-13/h6-7,10,13,16H,4-5,8-9,11H2,1-3H3. The molecule has 3 heteroatoms. The molecule has 1 unspecified atom stereocenters. The van der Waals surface area contributed by atoms with Crippen LogP contribution in [0, 0.1) is 6.92 Å². The van der Waals surface area contributed by atoms with Crippen LogP contribution in [0.25, 0.3) is 0 Å². The molecular formula is C15H24N2O. The first-order chi connectivity index (χ1) is 8.74. The molecule has 100 valence electrons. The molecule has 1 aromatic rings. The molecule has 0 saturated carbocycles. The fraction of sp³-hybridized carbons (Fsp3) is 0.600. The summed E-state index contributed by atoms with van der Waals surface area (Å²) in [5, 5.41) is 3.39. The number of nitrogens with zero attached hydrogens (tertiary/aromatic N) is 1. The Hall–Kier alpha value is -1.22. The van der Waals surface area contributed by atoms with Crippen LogP contribution in [0.3, 0.4) is 0 Å². The summed E-state index contributed by atoms with van der Waals surface area (Å²) in [4.78, 5) is 2.45. The Kier molecular flexibility index (Phi) is 4.48. The largest absolute Gasteiger partial charge is 0.486 e. The van der Waals surface area contributed by atoms with Crippen molar-refractivity contribution in [2.45, 2.75) is 33.3 Å². The number of rotatable bonds is 5. The van der Waals surface area contributed by atoms with Gasteiger partial charge in [-0.15, -0.1) is 0 Å². The normalized spacial score (nSPS) is 18.4. The lowest BCUT2D eigenvalue weighted by Crippen LogP contribution is -2.42. The SMILES string of the molecule is CCNCCN1CC(CC)Oc2ccc(C)cc21. The zero-order chi connectivity index (χ0) is 13.0. The van der Waals surface area contributed by atoms with E-state index in [0.29, 0.717) is 6.10 Å². The maximum absolute atomic E-state index is 6.01. The van der Waals surface area contributed by atoms with Gasteiger partial charge in [-0.2, -0.15) is 0 Å². The Morgan fingerprint density at radius 2 is 2.22 bits per heavy atom. The molecule has 0 bridgehead atoms. The Balaban J connectivity index is 2.15. The Morgan fingerprint density at radius 3 is 2.94 bits per heavy atom. The van der Waals surface area contributed by atoms with Gasteiger partial charge in [0.15, 0.2) is 0 Å². The summed E-state index contributed by atoms with van der Waals surface area (Å²) in [5.74, 6) is 1.04. The van der Waals surface area contributed by atoms with Crippen molar-refractivity contribution in [2.24, 2.45) is 0 Å². The number of nitrogens with one attached hydrogen (secondary N) is 1. The second kappa shape index (κ2) is 6.10. The van der Waals surface area contributed by atoms with E-state index in [0.717, 1.165) is 38.3 Å². The summed E-state index contributed by atoms with van der Waals surface area (Å²) < 4.78 is 6.01. The minimum atomic E-state index is 0.321. The van der Waals surface area contributed by atoms with Crippen molar-refractivity contribution in [3.05, 3.63) is 23.8 Å². The molecule has 0 spiro atoms. The van der Waals surface area contributed by atoms with Crippen LogP contribution < -0.4 is 15.0 Å². The molecular weight excluding hydrogens is 224 g/mol. The van der Waals surface area contributed by atoms with Crippen LogP contribution in [0.1, 0.15) is 25.8 Å². The fourth-order valence-electron chi connectivity index (χ4n) is 2.35. The highest BCUT2D eigenvalue weighted by Crippen LogP contribution is 2.34. The molecule has 0 saturated heterocycles. The number of anilines is 1. The van der Waals surface area contributed by atoms with Crippen molar-refractivity contribution >= 4 is 5.69 Å². The average Bonchev–Trinajstić information content (AvgIpc) is 2.39. The maximum Gasteiger partial charge on any atom is 0.143 e. The Labute approximate surface area is 110 Å². The molecule has 1 aromatic carbocycles. The van der Waals surface area contributed by atoms with Crippen LogP contribution in [0.5, 0.6) is 5.75 Å². The van der Waals surface area contributed by atoms with Crippen LogP contribution >= 0.6 is 0 Å². The molecule has 1 heterocycles. The van der Waals surface area contributed by atoms with Crippen LogP contribution in [0.2, 0.25) is 0 Å². The summed E-state index contributed by atoms with van der Waals surface area (Å²) >= 11 is 0. The molecule has 0 fully saturated rings. The van der Waals surface area contributed by atoms with Gasteiger partial charge in [0, 0.05) is 13.1 Å². The van der Waals surface area contributed by atoms with Crippen molar-refractivity contribution in [1.29, 1.82) is 0 Å². The molecule has 0 amide bonds. The third kappa shape index (κ3) is 2.96. The predicted molar refractivity (Wildman–Crippen MR) is 76.6 cm³/mol. The van der Waals surface area contributed by atoms with E-state index < -0.39 is 0 Å². The second-order valence-electron chi connectivity index (χ2n) is 4.92. The molecule has 1 aliphatic rings. The highest BCUT2D eigenvalue weighted by molar-refractivity contribution is 5.61. The molecule has 0 aliphatic carbocycles. The highest BCUT2D eigenvalue weighted by atomic mass is 16.5. The van der Waals surface area contributed by atoms with Crippen molar-refractivity contribution in [3.8, 4) is 5.75 Å². The molecule has 0 radical (unpaired) electrons. The van der Waals surface area contributed by atoms with Gasteiger partial charge in [-0.05, 0) is 37.6 Å². The van der Waals surface area contributed by atoms with Gasteiger partial charge in [-0.3, -0.25) is 0 Å². The van der Waals surface area contributed by atoms with Gasteiger partial charge in [0.2, 0.25) is 0 Å². The van der Waals surface area contributed by atoms with E-state index >= 15 is 0 Å². The highest BCUT2D eigenvalue weighted by Gasteiger charge is 2.24. The van der Waals surface area contributed by atoms with Crippen LogP contribution in [0.15, 0.2) is 18.2 Å². The summed E-state index contributed by atoms with van der Waals surface area (Å²) in [6.07, 6.45) is 1.38. The zero-order valence-corrected chi connectivity index (χ0v) is 11.7. The number of aryl methyl sites for hydroxylation is 1. The van der Waals surface area contributed by atoms with Crippen molar-refractivity contribution in [1.82, 2.24) is 5.32 Å². The Bertz CT molecular complexity index is 392. The first kappa shape index (κ1) is 13.2. The lowest BCUT2D eigenvalue weighted by atomic mass is 10.1. The van der Waals surface area contributed by atoms with Crippen molar-refractivity contribution in [2.75, 3.05) is 31.1 Å². The van der Waals surface area contributed by atoms with Gasteiger partial charge < -0.3 is 15.0 Å². The zero-order valence-electron chi connectivity index (χ0n) is 11.7. The van der Waals surface area contributed by atoms with Crippen molar-refractivity contribution in [3.63, 3.8) is 0 Å². The third-order valence-corrected chi connectivity index (χ3v) is 3.44. The fourth-order valence-corrected chi connectivity index (χ4v) is 2.35. The first-order valence-corrected chi connectivity index (χ1v) is 6.97. The topological polar surface area (TPSA) is 24.5 Å². The van der Waals surface area contributed by atoms with E-state index in [1.807, 2.05) is 0 Å². The summed E-state index contributed by atoms with van der Waals surface area (Å²) in [7, 11) is 0. The number of hydrogen-bond acceptors (Lipinski definition) is 3. The van der Waals surface area contributed by atoms with Crippen molar-refractivity contribution < 1.29 is 4.74 Å². The molecule has 1 N–H and O–H groups in total. The van der Waals surface area contributed by atoms with Crippen LogP contribution in [-0.2, 0) is 0 Å². The van der Waals surface area contributed by atoms with E-state index in [1.165, 1.54) is 11.3 Å². The summed E-state index contributed by atoms with van der Waals surface area (Å²) in [6, 6.07) is 6.46. The minimum absolute atomic E-state index is 0.321. The van der Waals surface area contributed by atoms with E-state index in [4.69, 9.17) is 4.74 Å². The average molecular weight is 248 g/mol. The molecule has 1 atom stereocenters. The predicted octanol–water partition coefficient (Wildman–Crippen LogP) is 2.58. The smallest absolute Gasteiger partial charge is 0.143 e. The minimum Gasteiger partial charge on any atom is -0.486 e. The van der Waals surface area contributed by atoms with Gasteiger partial charge in [0.25, 0.3) is 0 Å². The van der Waals surface area contributed by atoms with E-state index in [9.17, 15) is 0 Å². The third-order valence-electron chi connectivity index (χ3n) is 3.44. The van der Waals surface area contributed by atoms with Gasteiger partial charge in [-0.25, -0.2) is 0 Å². The number of likely N-dealkylation sites (N-methyl/N-ethyl adjacent to an activating group) is 1. The van der Waals surface area contributed by atoms with Crippen LogP contribution in [0.4, 0.5) is 5.69 Å².